The summed E-state index contributed by atoms with van der Waals surface area (Å²) in [6, 6.07) is 24.9. The molecule has 4 aromatic rings. The van der Waals surface area contributed by atoms with E-state index in [2.05, 4.69) is 52.6 Å². The summed E-state index contributed by atoms with van der Waals surface area (Å²) < 4.78 is 0. The number of halogens is 3. The molecule has 0 atom stereocenters. The van der Waals surface area contributed by atoms with Crippen LogP contribution in [-0.2, 0) is 0 Å². The summed E-state index contributed by atoms with van der Waals surface area (Å²) in [5.74, 6) is 0. The van der Waals surface area contributed by atoms with E-state index in [-0.39, 0.29) is 5.54 Å². The Kier molecular flexibility index (Phi) is 7.90. The zero-order valence-electron chi connectivity index (χ0n) is 20.3. The molecule has 1 N–H and O–H groups in total. The Labute approximate surface area is 226 Å². The zero-order chi connectivity index (χ0) is 25.9. The van der Waals surface area contributed by atoms with Gasteiger partial charge in [0.1, 0.15) is 0 Å². The number of anilines is 1. The second kappa shape index (κ2) is 10.8. The molecule has 0 aliphatic heterocycles. The van der Waals surface area contributed by atoms with Gasteiger partial charge in [-0.05, 0) is 126 Å². The molecule has 0 heterocycles. The minimum absolute atomic E-state index is 0.00594. The molecular weight excluding hydrogens is 533 g/mol. The lowest BCUT2D eigenvalue weighted by atomic mass is 10.0. The van der Waals surface area contributed by atoms with Crippen molar-refractivity contribution in [3.05, 3.63) is 84.4 Å². The van der Waals surface area contributed by atoms with Crippen molar-refractivity contribution in [2.24, 2.45) is 20.5 Å². The summed E-state index contributed by atoms with van der Waals surface area (Å²) in [6.45, 7) is 8.42. The van der Waals surface area contributed by atoms with Crippen LogP contribution < -0.4 is 5.32 Å². The smallest absolute Gasteiger partial charge is 0.0937 e. The normalized spacial score (nSPS) is 13.1. The van der Waals surface area contributed by atoms with E-state index in [1.807, 2.05) is 55.5 Å². The molecule has 0 saturated heterocycles. The molecule has 0 saturated carbocycles. The van der Waals surface area contributed by atoms with Gasteiger partial charge < -0.3 is 5.32 Å². The third-order valence-electron chi connectivity index (χ3n) is 5.16. The van der Waals surface area contributed by atoms with Crippen molar-refractivity contribution in [3.8, 4) is 0 Å². The molecule has 0 spiro atoms. The fourth-order valence-corrected chi connectivity index (χ4v) is 4.91. The standard InChI is InChI=1S/C27H26Cl3N5S/c1-18-5-14-23-24(17-18)26(35-33-21-10-12-22(13-11-21)36(28,29)30)16-15-25(23)34-32-20-8-6-19(7-9-20)31-27(2,3)4/h5-17,31H,1-4H3. The van der Waals surface area contributed by atoms with Crippen LogP contribution in [-0.4, -0.2) is 5.54 Å². The van der Waals surface area contributed by atoms with Crippen molar-refractivity contribution < 1.29 is 0 Å². The van der Waals surface area contributed by atoms with Crippen LogP contribution in [0.5, 0.6) is 0 Å². The first-order valence-corrected chi connectivity index (χ1v) is 15.4. The average molecular weight is 559 g/mol. The Morgan fingerprint density at radius 2 is 1.17 bits per heavy atom. The minimum Gasteiger partial charge on any atom is -0.380 e. The van der Waals surface area contributed by atoms with E-state index in [9.17, 15) is 0 Å². The average Bonchev–Trinajstić information content (AvgIpc) is 2.81. The SMILES string of the molecule is Cc1ccc2c(N=Nc3ccc(NC(C)(C)C)cc3)ccc(N=Nc3ccc(S(Cl)(Cl)Cl)cc3)c2c1. The predicted octanol–water partition coefficient (Wildman–Crippen LogP) is 11.8. The van der Waals surface area contributed by atoms with Gasteiger partial charge in [0, 0.05) is 34.6 Å². The maximum Gasteiger partial charge on any atom is 0.0937 e. The topological polar surface area (TPSA) is 61.5 Å². The molecule has 0 aliphatic rings. The maximum absolute atomic E-state index is 6.01. The number of nitrogens with zero attached hydrogens (tertiary/aromatic N) is 4. The summed E-state index contributed by atoms with van der Waals surface area (Å²) in [6.07, 6.45) is 0. The molecule has 0 unspecified atom stereocenters. The van der Waals surface area contributed by atoms with Gasteiger partial charge in [0.15, 0.2) is 0 Å². The molecule has 4 rings (SSSR count). The van der Waals surface area contributed by atoms with Crippen molar-refractivity contribution in [2.75, 3.05) is 5.32 Å². The first-order chi connectivity index (χ1) is 17.0. The summed E-state index contributed by atoms with van der Waals surface area (Å²) in [4.78, 5) is 0.655. The van der Waals surface area contributed by atoms with Gasteiger partial charge in [-0.15, -0.1) is 10.2 Å². The molecule has 0 fully saturated rings. The molecule has 0 bridgehead atoms. The molecule has 0 radical (unpaired) electrons. The largest absolute Gasteiger partial charge is 0.380 e. The van der Waals surface area contributed by atoms with E-state index < -0.39 is 7.67 Å². The van der Waals surface area contributed by atoms with E-state index >= 15 is 0 Å². The lowest BCUT2D eigenvalue weighted by Crippen LogP contribution is -2.25. The van der Waals surface area contributed by atoms with E-state index in [1.165, 1.54) is 0 Å². The lowest BCUT2D eigenvalue weighted by Gasteiger charge is -2.22. The van der Waals surface area contributed by atoms with Gasteiger partial charge in [0.05, 0.1) is 22.7 Å². The summed E-state index contributed by atoms with van der Waals surface area (Å²) >= 11 is 0. The highest BCUT2D eigenvalue weighted by molar-refractivity contribution is 8.79. The highest BCUT2D eigenvalue weighted by atomic mass is 36.2. The highest BCUT2D eigenvalue weighted by Crippen LogP contribution is 2.69. The second-order valence-electron chi connectivity index (χ2n) is 9.38. The molecule has 186 valence electrons. The number of benzene rings is 4. The van der Waals surface area contributed by atoms with Crippen molar-refractivity contribution in [2.45, 2.75) is 38.1 Å². The number of rotatable bonds is 6. The van der Waals surface area contributed by atoms with Gasteiger partial charge in [0.2, 0.25) is 0 Å². The number of nitrogens with one attached hydrogen (secondary N) is 1. The van der Waals surface area contributed by atoms with Crippen molar-refractivity contribution in [3.63, 3.8) is 0 Å². The van der Waals surface area contributed by atoms with Crippen LogP contribution in [0, 0.1) is 6.92 Å². The van der Waals surface area contributed by atoms with Gasteiger partial charge >= 0.3 is 0 Å². The van der Waals surface area contributed by atoms with Crippen LogP contribution in [0.2, 0.25) is 0 Å². The predicted molar refractivity (Wildman–Crippen MR) is 157 cm³/mol. The number of aryl methyl sites for hydroxylation is 1. The molecule has 0 aromatic heterocycles. The van der Waals surface area contributed by atoms with Crippen LogP contribution in [0.4, 0.5) is 28.4 Å². The first kappa shape index (κ1) is 26.4. The van der Waals surface area contributed by atoms with Crippen molar-refractivity contribution in [1.29, 1.82) is 0 Å². The van der Waals surface area contributed by atoms with Crippen LogP contribution >= 0.6 is 39.7 Å². The summed E-state index contributed by atoms with van der Waals surface area (Å²) in [5, 5.41) is 23.2. The molecular formula is C27H26Cl3N5S. The Morgan fingerprint density at radius 3 is 1.69 bits per heavy atom. The Morgan fingerprint density at radius 1 is 0.639 bits per heavy atom. The Bertz CT molecular complexity index is 1420. The number of hydrogen-bond donors (Lipinski definition) is 1. The quantitative estimate of drug-likeness (QED) is 0.235. The van der Waals surface area contributed by atoms with E-state index in [0.717, 1.165) is 39.1 Å². The van der Waals surface area contributed by atoms with E-state index in [4.69, 9.17) is 32.0 Å². The molecule has 9 heteroatoms. The molecule has 36 heavy (non-hydrogen) atoms. The lowest BCUT2D eigenvalue weighted by molar-refractivity contribution is 0.634. The fourth-order valence-electron chi connectivity index (χ4n) is 3.54. The van der Waals surface area contributed by atoms with Crippen LogP contribution in [0.15, 0.2) is 104 Å². The van der Waals surface area contributed by atoms with Crippen molar-refractivity contribution in [1.82, 2.24) is 0 Å². The highest BCUT2D eigenvalue weighted by Gasteiger charge is 2.16. The van der Waals surface area contributed by atoms with Crippen LogP contribution in [0.3, 0.4) is 0 Å². The van der Waals surface area contributed by atoms with Gasteiger partial charge in [-0.2, -0.15) is 10.2 Å². The number of fused-ring (bicyclic) bond motifs is 1. The summed E-state index contributed by atoms with van der Waals surface area (Å²) in [5.41, 5.74) is 5.09. The van der Waals surface area contributed by atoms with Gasteiger partial charge in [-0.3, -0.25) is 0 Å². The number of azo groups is 2. The van der Waals surface area contributed by atoms with Crippen molar-refractivity contribution >= 4 is 78.9 Å². The Hall–Kier alpha value is -2.64. The Balaban J connectivity index is 1.60. The second-order valence-corrected chi connectivity index (χ2v) is 16.2. The van der Waals surface area contributed by atoms with Gasteiger partial charge in [-0.25, -0.2) is 0 Å². The minimum atomic E-state index is -2.34. The van der Waals surface area contributed by atoms with Crippen LogP contribution in [0.25, 0.3) is 10.8 Å². The number of hydrogen-bond acceptors (Lipinski definition) is 5. The first-order valence-electron chi connectivity index (χ1n) is 11.3. The third kappa shape index (κ3) is 6.98. The summed E-state index contributed by atoms with van der Waals surface area (Å²) in [7, 11) is 15.7. The van der Waals surface area contributed by atoms with Gasteiger partial charge in [-0.1, -0.05) is 17.7 Å². The van der Waals surface area contributed by atoms with Gasteiger partial charge in [0.25, 0.3) is 0 Å². The monoisotopic (exact) mass is 557 g/mol. The zero-order valence-corrected chi connectivity index (χ0v) is 23.4. The molecule has 5 nitrogen and oxygen atoms in total. The fraction of sp³-hybridized carbons (Fsp3) is 0.185. The molecule has 4 aromatic carbocycles. The van der Waals surface area contributed by atoms with E-state index in [1.54, 1.807) is 24.3 Å². The maximum atomic E-state index is 6.01. The third-order valence-corrected chi connectivity index (χ3v) is 7.57. The molecule has 0 aliphatic carbocycles. The van der Waals surface area contributed by atoms with E-state index in [0.29, 0.717) is 10.6 Å². The van der Waals surface area contributed by atoms with Crippen LogP contribution in [0.1, 0.15) is 26.3 Å². The molecule has 0 amide bonds.